The molecule has 0 amide bonds. The molecule has 1 atom stereocenters. The Hall–Kier alpha value is -1.60. The summed E-state index contributed by atoms with van der Waals surface area (Å²) < 4.78 is 6.30. The van der Waals surface area contributed by atoms with Gasteiger partial charge in [-0.15, -0.1) is 0 Å². The predicted octanol–water partition coefficient (Wildman–Crippen LogP) is 6.05. The molecule has 1 fully saturated rings. The fourth-order valence-corrected chi connectivity index (χ4v) is 4.26. The highest BCUT2D eigenvalue weighted by molar-refractivity contribution is 5.29. The molecule has 1 saturated carbocycles. The van der Waals surface area contributed by atoms with E-state index in [0.717, 1.165) is 6.61 Å². The van der Waals surface area contributed by atoms with Crippen molar-refractivity contribution in [3.63, 3.8) is 0 Å². The van der Waals surface area contributed by atoms with Gasteiger partial charge in [0.15, 0.2) is 0 Å². The van der Waals surface area contributed by atoms with Crippen LogP contribution in [0.25, 0.3) is 0 Å². The molecule has 0 aromatic heterocycles. The van der Waals surface area contributed by atoms with Crippen LogP contribution >= 0.6 is 0 Å². The van der Waals surface area contributed by atoms with Gasteiger partial charge in [-0.3, -0.25) is 0 Å². The third-order valence-electron chi connectivity index (χ3n) is 6.36. The minimum atomic E-state index is 0.0629. The van der Waals surface area contributed by atoms with Crippen molar-refractivity contribution in [1.82, 2.24) is 0 Å². The van der Waals surface area contributed by atoms with Gasteiger partial charge in [-0.1, -0.05) is 81.3 Å². The summed E-state index contributed by atoms with van der Waals surface area (Å²) in [5.74, 6) is 0. The maximum Gasteiger partial charge on any atom is 0.0719 e. The molecule has 0 spiro atoms. The van der Waals surface area contributed by atoms with Crippen molar-refractivity contribution in [3.8, 4) is 0 Å². The number of ether oxygens (including phenoxy) is 1. The Labute approximate surface area is 147 Å². The number of hydrogen-bond acceptors (Lipinski definition) is 1. The van der Waals surface area contributed by atoms with E-state index >= 15 is 0 Å². The molecule has 0 heterocycles. The Bertz CT molecular complexity index is 655. The second-order valence-electron chi connectivity index (χ2n) is 7.89. The van der Waals surface area contributed by atoms with E-state index in [1.807, 2.05) is 0 Å². The number of hydrogen-bond donors (Lipinski definition) is 0. The summed E-state index contributed by atoms with van der Waals surface area (Å²) >= 11 is 0. The monoisotopic (exact) mass is 322 g/mol. The van der Waals surface area contributed by atoms with Gasteiger partial charge in [-0.2, -0.15) is 0 Å². The zero-order valence-corrected chi connectivity index (χ0v) is 15.3. The van der Waals surface area contributed by atoms with Gasteiger partial charge in [0.1, 0.15) is 0 Å². The molecule has 0 aliphatic heterocycles. The lowest BCUT2D eigenvalue weighted by Gasteiger charge is -2.45. The van der Waals surface area contributed by atoms with Gasteiger partial charge in [0, 0.05) is 5.41 Å². The maximum atomic E-state index is 6.30. The maximum absolute atomic E-state index is 6.30. The lowest BCUT2D eigenvalue weighted by atomic mass is 9.61. The summed E-state index contributed by atoms with van der Waals surface area (Å²) in [5, 5.41) is 0. The zero-order chi connectivity index (χ0) is 17.0. The average molecular weight is 322 g/mol. The summed E-state index contributed by atoms with van der Waals surface area (Å²) in [6, 6.07) is 19.5. The van der Waals surface area contributed by atoms with Crippen molar-refractivity contribution in [2.45, 2.75) is 58.5 Å². The first kappa shape index (κ1) is 17.2. The van der Waals surface area contributed by atoms with E-state index in [2.05, 4.69) is 75.4 Å². The highest BCUT2D eigenvalue weighted by atomic mass is 16.5. The van der Waals surface area contributed by atoms with E-state index in [-0.39, 0.29) is 5.41 Å². The summed E-state index contributed by atoms with van der Waals surface area (Å²) in [7, 11) is 0. The van der Waals surface area contributed by atoms with Crippen LogP contribution in [-0.4, -0.2) is 6.61 Å². The molecule has 128 valence electrons. The van der Waals surface area contributed by atoms with Gasteiger partial charge < -0.3 is 4.74 Å². The molecule has 1 nitrogen and oxygen atoms in total. The van der Waals surface area contributed by atoms with Crippen LogP contribution in [0.3, 0.4) is 0 Å². The quantitative estimate of drug-likeness (QED) is 0.629. The highest BCUT2D eigenvalue weighted by Crippen LogP contribution is 2.52. The molecule has 2 aromatic rings. The minimum Gasteiger partial charge on any atom is -0.376 e. The largest absolute Gasteiger partial charge is 0.376 e. The second-order valence-corrected chi connectivity index (χ2v) is 7.89. The Morgan fingerprint density at radius 3 is 2.25 bits per heavy atom. The smallest absolute Gasteiger partial charge is 0.0719 e. The highest BCUT2D eigenvalue weighted by Gasteiger charge is 2.47. The Balaban J connectivity index is 1.80. The lowest BCUT2D eigenvalue weighted by Crippen LogP contribution is -2.43. The number of benzene rings is 2. The molecule has 0 radical (unpaired) electrons. The van der Waals surface area contributed by atoms with Gasteiger partial charge in [-0.25, -0.2) is 0 Å². The molecule has 1 heteroatoms. The molecule has 1 unspecified atom stereocenters. The van der Waals surface area contributed by atoms with Crippen molar-refractivity contribution >= 4 is 0 Å². The third-order valence-corrected chi connectivity index (χ3v) is 6.36. The first-order chi connectivity index (χ1) is 11.6. The molecule has 0 N–H and O–H groups in total. The van der Waals surface area contributed by atoms with Crippen LogP contribution in [0, 0.1) is 12.3 Å². The molecular weight excluding hydrogens is 292 g/mol. The molecule has 1 aliphatic carbocycles. The van der Waals surface area contributed by atoms with Crippen molar-refractivity contribution in [2.75, 3.05) is 6.61 Å². The minimum absolute atomic E-state index is 0.0629. The first-order valence-electron chi connectivity index (χ1n) is 9.23. The van der Waals surface area contributed by atoms with E-state index < -0.39 is 0 Å². The van der Waals surface area contributed by atoms with Gasteiger partial charge >= 0.3 is 0 Å². The summed E-state index contributed by atoms with van der Waals surface area (Å²) in [4.78, 5) is 0. The van der Waals surface area contributed by atoms with Gasteiger partial charge in [-0.05, 0) is 41.9 Å². The molecule has 24 heavy (non-hydrogen) atoms. The molecule has 0 bridgehead atoms. The van der Waals surface area contributed by atoms with E-state index in [4.69, 9.17) is 4.74 Å². The number of aryl methyl sites for hydroxylation is 1. The Kier molecular flexibility index (Phi) is 5.10. The van der Waals surface area contributed by atoms with Crippen LogP contribution in [0.4, 0.5) is 0 Å². The second kappa shape index (κ2) is 7.11. The molecular formula is C23H30O. The van der Waals surface area contributed by atoms with Crippen LogP contribution in [0.1, 0.15) is 56.2 Å². The predicted molar refractivity (Wildman–Crippen MR) is 101 cm³/mol. The molecule has 3 rings (SSSR count). The lowest BCUT2D eigenvalue weighted by molar-refractivity contribution is 0.0169. The first-order valence-corrected chi connectivity index (χ1v) is 9.23. The van der Waals surface area contributed by atoms with Crippen molar-refractivity contribution in [3.05, 3.63) is 71.3 Å². The fourth-order valence-electron chi connectivity index (χ4n) is 4.26. The van der Waals surface area contributed by atoms with E-state index in [1.54, 1.807) is 0 Å². The topological polar surface area (TPSA) is 9.23 Å². The van der Waals surface area contributed by atoms with Crippen LogP contribution in [0.15, 0.2) is 54.6 Å². The van der Waals surface area contributed by atoms with E-state index in [1.165, 1.54) is 42.4 Å². The third kappa shape index (κ3) is 3.28. The SMILES string of the molecule is Cc1ccccc1COCC(C)(c1ccccc1)C1(C)CCCC1. The summed E-state index contributed by atoms with van der Waals surface area (Å²) in [6.07, 6.45) is 5.28. The zero-order valence-electron chi connectivity index (χ0n) is 15.3. The van der Waals surface area contributed by atoms with E-state index in [9.17, 15) is 0 Å². The molecule has 2 aromatic carbocycles. The van der Waals surface area contributed by atoms with E-state index in [0.29, 0.717) is 12.0 Å². The fraction of sp³-hybridized carbons (Fsp3) is 0.478. The van der Waals surface area contributed by atoms with Crippen molar-refractivity contribution < 1.29 is 4.74 Å². The van der Waals surface area contributed by atoms with Gasteiger partial charge in [0.25, 0.3) is 0 Å². The Morgan fingerprint density at radius 2 is 1.58 bits per heavy atom. The summed E-state index contributed by atoms with van der Waals surface area (Å²) in [6.45, 7) is 8.51. The van der Waals surface area contributed by atoms with Crippen LogP contribution in [0.2, 0.25) is 0 Å². The van der Waals surface area contributed by atoms with Gasteiger partial charge in [0.2, 0.25) is 0 Å². The summed E-state index contributed by atoms with van der Waals surface area (Å²) in [5.41, 5.74) is 4.41. The molecule has 1 aliphatic rings. The standard InChI is InChI=1S/C23H30O/c1-19-11-7-8-12-20(19)17-24-18-23(3,21-13-5-4-6-14-21)22(2)15-9-10-16-22/h4-8,11-14H,9-10,15-18H2,1-3H3. The average Bonchev–Trinajstić information content (AvgIpc) is 3.05. The van der Waals surface area contributed by atoms with Crippen LogP contribution in [0.5, 0.6) is 0 Å². The normalized spacial score (nSPS) is 19.1. The molecule has 0 saturated heterocycles. The van der Waals surface area contributed by atoms with Crippen molar-refractivity contribution in [1.29, 1.82) is 0 Å². The van der Waals surface area contributed by atoms with Crippen LogP contribution < -0.4 is 0 Å². The Morgan fingerprint density at radius 1 is 0.958 bits per heavy atom. The van der Waals surface area contributed by atoms with Gasteiger partial charge in [0.05, 0.1) is 13.2 Å². The van der Waals surface area contributed by atoms with Crippen molar-refractivity contribution in [2.24, 2.45) is 5.41 Å². The number of rotatable bonds is 6. The van der Waals surface area contributed by atoms with Crippen LogP contribution in [-0.2, 0) is 16.8 Å².